The zero-order valence-electron chi connectivity index (χ0n) is 16.3. The number of piperidine rings is 1. The number of hydrogen-bond acceptors (Lipinski definition) is 5. The number of carboxylic acid groups (broad SMARTS) is 1. The number of aromatic nitrogens is 2. The van der Waals surface area contributed by atoms with E-state index in [1.807, 2.05) is 6.92 Å². The molecule has 5 rings (SSSR count). The van der Waals surface area contributed by atoms with Crippen LogP contribution in [-0.2, 0) is 0 Å². The number of fused-ring (bicyclic) bond motifs is 2. The average molecular weight is 430 g/mol. The first kappa shape index (κ1) is 19.6. The van der Waals surface area contributed by atoms with Crippen LogP contribution in [0.25, 0.3) is 16.7 Å². The fourth-order valence-corrected chi connectivity index (χ4v) is 4.50. The molecule has 0 spiro atoms. The molecule has 3 heterocycles. The van der Waals surface area contributed by atoms with Crippen LogP contribution in [0.5, 0.6) is 0 Å². The minimum Gasteiger partial charge on any atom is -0.477 e. The lowest BCUT2D eigenvalue weighted by Crippen LogP contribution is -2.43. The number of halogens is 3. The Morgan fingerprint density at radius 1 is 1.26 bits per heavy atom. The molecular formula is C21H17F3N4O3. The Balaban J connectivity index is 1.79. The van der Waals surface area contributed by atoms with Gasteiger partial charge in [-0.1, -0.05) is 0 Å². The Morgan fingerprint density at radius 2 is 2.00 bits per heavy atom. The molecule has 2 aromatic heterocycles. The van der Waals surface area contributed by atoms with E-state index in [4.69, 9.17) is 5.73 Å². The van der Waals surface area contributed by atoms with Crippen molar-refractivity contribution < 1.29 is 23.1 Å². The molecule has 1 aromatic carbocycles. The lowest BCUT2D eigenvalue weighted by Gasteiger charge is -2.29. The highest BCUT2D eigenvalue weighted by Gasteiger charge is 2.62. The van der Waals surface area contributed by atoms with Crippen LogP contribution in [0.2, 0.25) is 0 Å². The molecule has 1 aliphatic heterocycles. The topological polar surface area (TPSA) is 101 Å². The van der Waals surface area contributed by atoms with Crippen LogP contribution in [-0.4, -0.2) is 38.8 Å². The molecule has 2 fully saturated rings. The number of rotatable bonds is 3. The van der Waals surface area contributed by atoms with Gasteiger partial charge in [0.05, 0.1) is 11.1 Å². The molecule has 1 aliphatic carbocycles. The van der Waals surface area contributed by atoms with E-state index in [0.29, 0.717) is 12.6 Å². The molecule has 10 heteroatoms. The third kappa shape index (κ3) is 2.74. The standard InChI is InChI=1S/C21H17F3N4O3/c1-9-21(25)6-10(21)7-27(9)19-15(24)5-12-17(29)13(20(30)31)8-28(18(12)26-19)16-3-2-11(22)4-14(16)23/h2-5,8-10H,6-7,25H2,1H3,(H,30,31)/t9-,10+,21+/m0/s1. The summed E-state index contributed by atoms with van der Waals surface area (Å²) in [5.74, 6) is -4.06. The van der Waals surface area contributed by atoms with Crippen LogP contribution in [0.1, 0.15) is 23.7 Å². The van der Waals surface area contributed by atoms with Crippen molar-refractivity contribution in [1.29, 1.82) is 0 Å². The normalized spacial score (nSPS) is 24.5. The zero-order valence-corrected chi connectivity index (χ0v) is 16.3. The first-order valence-electron chi connectivity index (χ1n) is 9.62. The third-order valence-corrected chi connectivity index (χ3v) is 6.45. The van der Waals surface area contributed by atoms with Gasteiger partial charge in [-0.3, -0.25) is 9.36 Å². The van der Waals surface area contributed by atoms with Gasteiger partial charge in [0.2, 0.25) is 5.43 Å². The molecule has 3 aromatic rings. The smallest absolute Gasteiger partial charge is 0.341 e. The third-order valence-electron chi connectivity index (χ3n) is 6.45. The van der Waals surface area contributed by atoms with E-state index in [1.165, 1.54) is 0 Å². The highest BCUT2D eigenvalue weighted by Crippen LogP contribution is 2.52. The Hall–Kier alpha value is -3.40. The number of nitrogens with two attached hydrogens (primary N) is 1. The summed E-state index contributed by atoms with van der Waals surface area (Å²) >= 11 is 0. The molecule has 1 saturated heterocycles. The van der Waals surface area contributed by atoms with Crippen molar-refractivity contribution in [2.24, 2.45) is 11.7 Å². The Labute approximate surface area is 173 Å². The van der Waals surface area contributed by atoms with Crippen LogP contribution >= 0.6 is 0 Å². The fourth-order valence-electron chi connectivity index (χ4n) is 4.50. The van der Waals surface area contributed by atoms with Gasteiger partial charge in [0, 0.05) is 30.4 Å². The van der Waals surface area contributed by atoms with Gasteiger partial charge in [-0.15, -0.1) is 0 Å². The molecule has 3 atom stereocenters. The predicted molar refractivity (Wildman–Crippen MR) is 106 cm³/mol. The van der Waals surface area contributed by atoms with Gasteiger partial charge in [0.1, 0.15) is 17.2 Å². The van der Waals surface area contributed by atoms with Crippen LogP contribution < -0.4 is 16.1 Å². The molecular weight excluding hydrogens is 413 g/mol. The van der Waals surface area contributed by atoms with Gasteiger partial charge in [-0.2, -0.15) is 0 Å². The number of carboxylic acids is 1. The van der Waals surface area contributed by atoms with Crippen LogP contribution in [0, 0.1) is 23.4 Å². The number of pyridine rings is 2. The lowest BCUT2D eigenvalue weighted by atomic mass is 10.1. The minimum atomic E-state index is -1.56. The summed E-state index contributed by atoms with van der Waals surface area (Å²) in [6.07, 6.45) is 1.74. The van der Waals surface area contributed by atoms with Crippen molar-refractivity contribution in [2.75, 3.05) is 11.4 Å². The largest absolute Gasteiger partial charge is 0.477 e. The van der Waals surface area contributed by atoms with E-state index in [1.54, 1.807) is 4.90 Å². The quantitative estimate of drug-likeness (QED) is 0.662. The van der Waals surface area contributed by atoms with E-state index >= 15 is 4.39 Å². The summed E-state index contributed by atoms with van der Waals surface area (Å²) in [7, 11) is 0. The molecule has 0 unspecified atom stereocenters. The Bertz CT molecular complexity index is 1340. The molecule has 31 heavy (non-hydrogen) atoms. The zero-order chi connectivity index (χ0) is 22.2. The maximum Gasteiger partial charge on any atom is 0.341 e. The number of anilines is 1. The first-order valence-corrected chi connectivity index (χ1v) is 9.62. The first-order chi connectivity index (χ1) is 14.6. The molecule has 3 N–H and O–H groups in total. The van der Waals surface area contributed by atoms with Crippen molar-refractivity contribution in [3.63, 3.8) is 0 Å². The van der Waals surface area contributed by atoms with E-state index in [0.717, 1.165) is 35.4 Å². The fraction of sp³-hybridized carbons (Fsp3) is 0.286. The summed E-state index contributed by atoms with van der Waals surface area (Å²) in [5, 5.41) is 9.07. The van der Waals surface area contributed by atoms with Crippen LogP contribution in [0.15, 0.2) is 35.3 Å². The van der Waals surface area contributed by atoms with E-state index in [2.05, 4.69) is 4.98 Å². The maximum absolute atomic E-state index is 15.0. The van der Waals surface area contributed by atoms with E-state index < -0.39 is 40.0 Å². The number of aromatic carboxylic acids is 1. The van der Waals surface area contributed by atoms with Crippen molar-refractivity contribution in [3.05, 3.63) is 63.7 Å². The van der Waals surface area contributed by atoms with Gasteiger partial charge in [-0.05, 0) is 37.5 Å². The number of benzene rings is 1. The minimum absolute atomic E-state index is 0.0595. The van der Waals surface area contributed by atoms with Gasteiger partial charge in [0.15, 0.2) is 17.3 Å². The molecule has 7 nitrogen and oxygen atoms in total. The van der Waals surface area contributed by atoms with Crippen molar-refractivity contribution in [2.45, 2.75) is 24.9 Å². The van der Waals surface area contributed by atoms with Gasteiger partial charge in [-0.25, -0.2) is 22.9 Å². The summed E-state index contributed by atoms with van der Waals surface area (Å²) in [6, 6.07) is 3.40. The summed E-state index contributed by atoms with van der Waals surface area (Å²) in [4.78, 5) is 30.2. The van der Waals surface area contributed by atoms with Crippen molar-refractivity contribution >= 4 is 22.8 Å². The summed E-state index contributed by atoms with van der Waals surface area (Å²) < 4.78 is 44.0. The van der Waals surface area contributed by atoms with Crippen LogP contribution in [0.4, 0.5) is 19.0 Å². The monoisotopic (exact) mass is 430 g/mol. The molecule has 160 valence electrons. The second kappa shape index (κ2) is 6.30. The van der Waals surface area contributed by atoms with E-state index in [-0.39, 0.29) is 34.5 Å². The molecule has 0 radical (unpaired) electrons. The number of hydrogen-bond donors (Lipinski definition) is 2. The lowest BCUT2D eigenvalue weighted by molar-refractivity contribution is 0.0695. The molecule has 0 bridgehead atoms. The molecule has 2 aliphatic rings. The van der Waals surface area contributed by atoms with Gasteiger partial charge < -0.3 is 15.7 Å². The van der Waals surface area contributed by atoms with Gasteiger partial charge in [0.25, 0.3) is 0 Å². The average Bonchev–Trinajstić information content (AvgIpc) is 3.30. The highest BCUT2D eigenvalue weighted by atomic mass is 19.1. The Kier molecular flexibility index (Phi) is 3.97. The predicted octanol–water partition coefficient (Wildman–Crippen LogP) is 2.43. The number of nitrogens with zero attached hydrogens (tertiary/aromatic N) is 3. The Morgan fingerprint density at radius 3 is 2.61 bits per heavy atom. The maximum atomic E-state index is 15.0. The van der Waals surface area contributed by atoms with Crippen molar-refractivity contribution in [1.82, 2.24) is 9.55 Å². The SMILES string of the molecule is C[C@@H]1N(c2nc3c(cc2F)c(=O)c(C(=O)O)cn3-c2ccc(F)cc2F)C[C@H]2C[C@]21N. The highest BCUT2D eigenvalue weighted by molar-refractivity contribution is 5.92. The number of carbonyl (C=O) groups is 1. The summed E-state index contributed by atoms with van der Waals surface area (Å²) in [5.41, 5.74) is 3.87. The van der Waals surface area contributed by atoms with Gasteiger partial charge >= 0.3 is 5.97 Å². The second-order valence-corrected chi connectivity index (χ2v) is 8.15. The second-order valence-electron chi connectivity index (χ2n) is 8.15. The summed E-state index contributed by atoms with van der Waals surface area (Å²) in [6.45, 7) is 2.34. The molecule has 0 amide bonds. The van der Waals surface area contributed by atoms with Crippen LogP contribution in [0.3, 0.4) is 0 Å². The van der Waals surface area contributed by atoms with E-state index in [9.17, 15) is 23.5 Å². The molecule has 1 saturated carbocycles. The van der Waals surface area contributed by atoms with Crippen molar-refractivity contribution in [3.8, 4) is 5.69 Å².